The van der Waals surface area contributed by atoms with E-state index in [-0.39, 0.29) is 6.09 Å². The summed E-state index contributed by atoms with van der Waals surface area (Å²) in [6.07, 6.45) is 2.78. The highest BCUT2D eigenvalue weighted by atomic mass is 16.6. The third-order valence-corrected chi connectivity index (χ3v) is 4.33. The molecule has 0 saturated carbocycles. The van der Waals surface area contributed by atoms with Crippen LogP contribution in [0.3, 0.4) is 0 Å². The molecule has 1 fully saturated rings. The Labute approximate surface area is 156 Å². The Morgan fingerprint density at radius 2 is 2.04 bits per heavy atom. The maximum Gasteiger partial charge on any atom is 0.410 e. The van der Waals surface area contributed by atoms with Crippen LogP contribution in [0.15, 0.2) is 29.3 Å². The highest BCUT2D eigenvalue weighted by Crippen LogP contribution is 2.19. The van der Waals surface area contributed by atoms with E-state index in [0.29, 0.717) is 25.0 Å². The maximum absolute atomic E-state index is 12.2. The molecule has 0 bridgehead atoms. The van der Waals surface area contributed by atoms with Crippen molar-refractivity contribution in [3.63, 3.8) is 0 Å². The molecule has 1 atom stereocenters. The Balaban J connectivity index is 1.84. The summed E-state index contributed by atoms with van der Waals surface area (Å²) in [5.74, 6) is 0.711. The number of nitrogens with zero attached hydrogens (tertiary/aromatic N) is 2. The number of likely N-dealkylation sites (tertiary alicyclic amines) is 1. The summed E-state index contributed by atoms with van der Waals surface area (Å²) in [6.45, 7) is 9.79. The fourth-order valence-electron chi connectivity index (χ4n) is 2.95. The van der Waals surface area contributed by atoms with Gasteiger partial charge in [-0.15, -0.1) is 0 Å². The molecule has 1 heterocycles. The van der Waals surface area contributed by atoms with E-state index in [4.69, 9.17) is 10.5 Å². The van der Waals surface area contributed by atoms with Gasteiger partial charge in [0.2, 0.25) is 0 Å². The molecule has 1 aromatic carbocycles. The van der Waals surface area contributed by atoms with Crippen molar-refractivity contribution in [1.29, 1.82) is 0 Å². The number of piperidine rings is 1. The average Bonchev–Trinajstić information content (AvgIpc) is 2.59. The summed E-state index contributed by atoms with van der Waals surface area (Å²) < 4.78 is 5.46. The summed E-state index contributed by atoms with van der Waals surface area (Å²) in [4.78, 5) is 18.5. The number of carbonyl (C=O) groups excluding carboxylic acids is 1. The number of guanidine groups is 1. The predicted octanol–water partition coefficient (Wildman–Crippen LogP) is 3.62. The van der Waals surface area contributed by atoms with Gasteiger partial charge in [-0.2, -0.15) is 0 Å². The summed E-state index contributed by atoms with van der Waals surface area (Å²) in [7, 11) is 0. The molecule has 1 aliphatic heterocycles. The number of aryl methyl sites for hydroxylation is 1. The largest absolute Gasteiger partial charge is 0.444 e. The minimum Gasteiger partial charge on any atom is -0.444 e. The summed E-state index contributed by atoms with van der Waals surface area (Å²) in [5, 5.41) is 3.12. The monoisotopic (exact) mass is 360 g/mol. The first-order valence-corrected chi connectivity index (χ1v) is 9.40. The van der Waals surface area contributed by atoms with Crippen molar-refractivity contribution >= 4 is 17.7 Å². The first kappa shape index (κ1) is 20.1. The van der Waals surface area contributed by atoms with Crippen molar-refractivity contribution < 1.29 is 9.53 Å². The number of hydrogen-bond acceptors (Lipinski definition) is 3. The van der Waals surface area contributed by atoms with E-state index in [2.05, 4.69) is 29.4 Å². The van der Waals surface area contributed by atoms with E-state index in [1.54, 1.807) is 4.90 Å². The highest BCUT2D eigenvalue weighted by Gasteiger charge is 2.27. The van der Waals surface area contributed by atoms with Gasteiger partial charge >= 0.3 is 6.09 Å². The fraction of sp³-hybridized carbons (Fsp3) is 0.600. The van der Waals surface area contributed by atoms with Gasteiger partial charge in [0.05, 0.1) is 0 Å². The topological polar surface area (TPSA) is 80.0 Å². The third kappa shape index (κ3) is 6.58. The third-order valence-electron chi connectivity index (χ3n) is 4.33. The standard InChI is InChI=1S/C20H32N4O2/c1-5-15-8-10-17(11-9-15)23-18(21)22-13-16-7-6-12-24(14-16)19(25)26-20(2,3)4/h8-11,16H,5-7,12-14H2,1-4H3,(H3,21,22,23). The summed E-state index contributed by atoms with van der Waals surface area (Å²) >= 11 is 0. The number of nitrogens with one attached hydrogen (secondary N) is 1. The fourth-order valence-corrected chi connectivity index (χ4v) is 2.95. The van der Waals surface area contributed by atoms with E-state index in [9.17, 15) is 4.79 Å². The van der Waals surface area contributed by atoms with E-state index < -0.39 is 5.60 Å². The Morgan fingerprint density at radius 3 is 2.65 bits per heavy atom. The van der Waals surface area contributed by atoms with Crippen LogP contribution in [0.1, 0.15) is 46.1 Å². The van der Waals surface area contributed by atoms with Crippen LogP contribution in [-0.4, -0.2) is 42.2 Å². The van der Waals surface area contributed by atoms with Gasteiger partial charge in [-0.1, -0.05) is 19.1 Å². The molecule has 0 aromatic heterocycles. The van der Waals surface area contributed by atoms with Gasteiger partial charge in [0.1, 0.15) is 5.60 Å². The number of anilines is 1. The van der Waals surface area contributed by atoms with Crippen molar-refractivity contribution in [1.82, 2.24) is 4.90 Å². The molecule has 6 heteroatoms. The van der Waals surface area contributed by atoms with Gasteiger partial charge in [0.15, 0.2) is 5.96 Å². The number of benzene rings is 1. The SMILES string of the molecule is CCc1ccc(NC(N)=NCC2CCCN(C(=O)OC(C)(C)C)C2)cc1. The molecule has 2 rings (SSSR count). The number of amides is 1. The molecular weight excluding hydrogens is 328 g/mol. The molecule has 26 heavy (non-hydrogen) atoms. The van der Waals surface area contributed by atoms with Crippen LogP contribution in [0.2, 0.25) is 0 Å². The summed E-state index contributed by atoms with van der Waals surface area (Å²) in [5.41, 5.74) is 7.76. The minimum absolute atomic E-state index is 0.242. The Morgan fingerprint density at radius 1 is 1.35 bits per heavy atom. The minimum atomic E-state index is -0.468. The lowest BCUT2D eigenvalue weighted by Gasteiger charge is -2.33. The Kier molecular flexibility index (Phi) is 6.89. The van der Waals surface area contributed by atoms with Crippen LogP contribution in [-0.2, 0) is 11.2 Å². The molecule has 1 aliphatic rings. The smallest absolute Gasteiger partial charge is 0.410 e. The zero-order valence-electron chi connectivity index (χ0n) is 16.4. The lowest BCUT2D eigenvalue weighted by molar-refractivity contribution is 0.0171. The van der Waals surface area contributed by atoms with Crippen LogP contribution in [0.4, 0.5) is 10.5 Å². The molecule has 1 saturated heterocycles. The van der Waals surface area contributed by atoms with E-state index >= 15 is 0 Å². The molecule has 6 nitrogen and oxygen atoms in total. The van der Waals surface area contributed by atoms with Gasteiger partial charge in [0, 0.05) is 25.3 Å². The van der Waals surface area contributed by atoms with Crippen LogP contribution < -0.4 is 11.1 Å². The number of rotatable bonds is 4. The summed E-state index contributed by atoms with van der Waals surface area (Å²) in [6, 6.07) is 8.17. The predicted molar refractivity (Wildman–Crippen MR) is 106 cm³/mol. The van der Waals surface area contributed by atoms with Gasteiger partial charge in [-0.3, -0.25) is 4.99 Å². The number of aliphatic imine (C=N–C) groups is 1. The van der Waals surface area contributed by atoms with Gasteiger partial charge < -0.3 is 20.7 Å². The Bertz CT molecular complexity index is 620. The number of ether oxygens (including phenoxy) is 1. The molecule has 0 spiro atoms. The van der Waals surface area contributed by atoms with E-state index in [1.807, 2.05) is 32.9 Å². The van der Waals surface area contributed by atoms with Gasteiger partial charge in [-0.25, -0.2) is 4.79 Å². The van der Waals surface area contributed by atoms with Gasteiger partial charge in [0.25, 0.3) is 0 Å². The van der Waals surface area contributed by atoms with Crippen molar-refractivity contribution in [3.8, 4) is 0 Å². The van der Waals surface area contributed by atoms with Crippen LogP contribution >= 0.6 is 0 Å². The lowest BCUT2D eigenvalue weighted by atomic mass is 9.98. The first-order valence-electron chi connectivity index (χ1n) is 9.40. The second-order valence-electron chi connectivity index (χ2n) is 7.84. The number of nitrogens with two attached hydrogens (primary N) is 1. The zero-order valence-corrected chi connectivity index (χ0v) is 16.4. The van der Waals surface area contributed by atoms with Crippen molar-refractivity contribution in [2.45, 2.75) is 52.6 Å². The molecule has 0 aliphatic carbocycles. The van der Waals surface area contributed by atoms with Crippen molar-refractivity contribution in [2.75, 3.05) is 25.0 Å². The van der Waals surface area contributed by atoms with E-state index in [0.717, 1.165) is 31.5 Å². The van der Waals surface area contributed by atoms with E-state index in [1.165, 1.54) is 5.56 Å². The average molecular weight is 361 g/mol. The van der Waals surface area contributed by atoms with Crippen LogP contribution in [0.5, 0.6) is 0 Å². The first-order chi connectivity index (χ1) is 12.3. The maximum atomic E-state index is 12.2. The quantitative estimate of drug-likeness (QED) is 0.635. The number of hydrogen-bond donors (Lipinski definition) is 2. The molecule has 3 N–H and O–H groups in total. The molecular formula is C20H32N4O2. The molecule has 1 aromatic rings. The molecule has 1 unspecified atom stereocenters. The van der Waals surface area contributed by atoms with Crippen LogP contribution in [0, 0.1) is 5.92 Å². The highest BCUT2D eigenvalue weighted by molar-refractivity contribution is 5.92. The number of carbonyl (C=O) groups is 1. The van der Waals surface area contributed by atoms with Gasteiger partial charge in [-0.05, 0) is 63.6 Å². The second-order valence-corrected chi connectivity index (χ2v) is 7.84. The lowest BCUT2D eigenvalue weighted by Crippen LogP contribution is -2.43. The van der Waals surface area contributed by atoms with Crippen molar-refractivity contribution in [3.05, 3.63) is 29.8 Å². The zero-order chi connectivity index (χ0) is 19.2. The van der Waals surface area contributed by atoms with Crippen molar-refractivity contribution in [2.24, 2.45) is 16.6 Å². The van der Waals surface area contributed by atoms with Crippen LogP contribution in [0.25, 0.3) is 0 Å². The molecule has 0 radical (unpaired) electrons. The second kappa shape index (κ2) is 8.92. The Hall–Kier alpha value is -2.24. The molecule has 144 valence electrons. The molecule has 1 amide bonds. The normalized spacial score (nSPS) is 18.5.